The molecule has 2 heteroatoms. The molecule has 0 saturated heterocycles. The average molecular weight is 173 g/mol. The molecule has 0 saturated carbocycles. The van der Waals surface area contributed by atoms with Crippen LogP contribution in [0, 0.1) is 0 Å². The molecule has 0 amide bonds. The van der Waals surface area contributed by atoms with Crippen molar-refractivity contribution in [2.24, 2.45) is 0 Å². The van der Waals surface area contributed by atoms with E-state index < -0.39 is 0 Å². The van der Waals surface area contributed by atoms with Gasteiger partial charge >= 0.3 is 0 Å². The molecule has 0 heterocycles. The lowest BCUT2D eigenvalue weighted by Gasteiger charge is -2.03. The SMILES string of the molecule is CCCCCCC([C]=O)SC. The Labute approximate surface area is 73.9 Å². The molecule has 0 aromatic carbocycles. The first-order valence-corrected chi connectivity index (χ1v) is 5.54. The average Bonchev–Trinajstić information content (AvgIpc) is 2.05. The van der Waals surface area contributed by atoms with Crippen LogP contribution in [0.3, 0.4) is 0 Å². The number of carbonyl (C=O) groups excluding carboxylic acids is 1. The van der Waals surface area contributed by atoms with Gasteiger partial charge < -0.3 is 0 Å². The molecular weight excluding hydrogens is 156 g/mol. The Morgan fingerprint density at radius 3 is 2.55 bits per heavy atom. The third kappa shape index (κ3) is 6.42. The molecule has 11 heavy (non-hydrogen) atoms. The highest BCUT2D eigenvalue weighted by Gasteiger charge is 2.04. The van der Waals surface area contributed by atoms with Gasteiger partial charge in [-0.2, -0.15) is 11.8 Å². The number of hydrogen-bond donors (Lipinski definition) is 0. The molecule has 0 fully saturated rings. The highest BCUT2D eigenvalue weighted by atomic mass is 32.2. The van der Waals surface area contributed by atoms with Crippen LogP contribution < -0.4 is 0 Å². The zero-order valence-electron chi connectivity index (χ0n) is 7.43. The topological polar surface area (TPSA) is 17.1 Å². The molecule has 0 rings (SSSR count). The van der Waals surface area contributed by atoms with Gasteiger partial charge in [0.1, 0.15) is 0 Å². The first-order chi connectivity index (χ1) is 5.35. The lowest BCUT2D eigenvalue weighted by Crippen LogP contribution is -2.02. The standard InChI is InChI=1S/C9H17OS/c1-3-4-5-6-7-9(8-10)11-2/h9H,3-7H2,1-2H3. The van der Waals surface area contributed by atoms with E-state index in [0.29, 0.717) is 0 Å². The molecule has 0 aliphatic rings. The Morgan fingerprint density at radius 1 is 1.36 bits per heavy atom. The summed E-state index contributed by atoms with van der Waals surface area (Å²) >= 11 is 1.60. The third-order valence-corrected chi connectivity index (χ3v) is 2.64. The van der Waals surface area contributed by atoms with Crippen molar-refractivity contribution in [3.8, 4) is 0 Å². The molecule has 1 nitrogen and oxygen atoms in total. The molecular formula is C9H17OS. The quantitative estimate of drug-likeness (QED) is 0.551. The first kappa shape index (κ1) is 11.0. The monoisotopic (exact) mass is 173 g/mol. The fraction of sp³-hybridized carbons (Fsp3) is 0.889. The van der Waals surface area contributed by atoms with Gasteiger partial charge in [0.15, 0.2) is 0 Å². The summed E-state index contributed by atoms with van der Waals surface area (Å²) in [7, 11) is 0. The van der Waals surface area contributed by atoms with E-state index in [1.165, 1.54) is 25.7 Å². The summed E-state index contributed by atoms with van der Waals surface area (Å²) in [6.45, 7) is 2.19. The summed E-state index contributed by atoms with van der Waals surface area (Å²) in [6, 6.07) is 0. The number of hydrogen-bond acceptors (Lipinski definition) is 2. The Morgan fingerprint density at radius 2 is 2.09 bits per heavy atom. The van der Waals surface area contributed by atoms with Crippen molar-refractivity contribution in [3.05, 3.63) is 0 Å². The van der Waals surface area contributed by atoms with Gasteiger partial charge in [0.25, 0.3) is 0 Å². The molecule has 0 aliphatic heterocycles. The second kappa shape index (κ2) is 8.12. The normalized spacial score (nSPS) is 12.9. The maximum Gasteiger partial charge on any atom is 0.212 e. The number of thioether (sulfide) groups is 1. The zero-order valence-corrected chi connectivity index (χ0v) is 8.25. The van der Waals surface area contributed by atoms with Crippen molar-refractivity contribution in [1.29, 1.82) is 0 Å². The summed E-state index contributed by atoms with van der Waals surface area (Å²) in [5, 5.41) is 0.117. The van der Waals surface area contributed by atoms with E-state index in [9.17, 15) is 4.79 Å². The van der Waals surface area contributed by atoms with E-state index in [1.54, 1.807) is 11.8 Å². The van der Waals surface area contributed by atoms with Crippen LogP contribution in [0.15, 0.2) is 0 Å². The predicted octanol–water partition coefficient (Wildman–Crippen LogP) is 2.80. The Balaban J connectivity index is 3.14. The molecule has 0 aliphatic carbocycles. The molecule has 0 aromatic rings. The van der Waals surface area contributed by atoms with Gasteiger partial charge in [0, 0.05) is 0 Å². The highest BCUT2D eigenvalue weighted by Crippen LogP contribution is 2.13. The maximum atomic E-state index is 10.3. The summed E-state index contributed by atoms with van der Waals surface area (Å²) in [5.41, 5.74) is 0. The van der Waals surface area contributed by atoms with E-state index in [4.69, 9.17) is 0 Å². The first-order valence-electron chi connectivity index (χ1n) is 4.25. The second-order valence-electron chi connectivity index (χ2n) is 2.69. The van der Waals surface area contributed by atoms with Crippen LogP contribution in [0.2, 0.25) is 0 Å². The molecule has 0 N–H and O–H groups in total. The minimum atomic E-state index is 0.117. The summed E-state index contributed by atoms with van der Waals surface area (Å²) in [5.74, 6) is 0. The van der Waals surface area contributed by atoms with Crippen molar-refractivity contribution < 1.29 is 4.79 Å². The predicted molar refractivity (Wildman–Crippen MR) is 51.8 cm³/mol. The highest BCUT2D eigenvalue weighted by molar-refractivity contribution is 7.99. The van der Waals surface area contributed by atoms with Crippen LogP contribution >= 0.6 is 11.8 Å². The van der Waals surface area contributed by atoms with E-state index in [1.807, 2.05) is 12.5 Å². The number of rotatable bonds is 7. The molecule has 0 bridgehead atoms. The molecule has 1 atom stereocenters. The fourth-order valence-corrected chi connectivity index (χ4v) is 1.48. The molecule has 1 unspecified atom stereocenters. The van der Waals surface area contributed by atoms with Crippen LogP contribution in [0.5, 0.6) is 0 Å². The zero-order chi connectivity index (χ0) is 8.53. The van der Waals surface area contributed by atoms with Gasteiger partial charge in [0.2, 0.25) is 6.29 Å². The van der Waals surface area contributed by atoms with Gasteiger partial charge in [-0.15, -0.1) is 0 Å². The lowest BCUT2D eigenvalue weighted by atomic mass is 10.1. The summed E-state index contributed by atoms with van der Waals surface area (Å²) < 4.78 is 0. The molecule has 65 valence electrons. The van der Waals surface area contributed by atoms with Crippen LogP contribution in [-0.2, 0) is 4.79 Å². The van der Waals surface area contributed by atoms with Gasteiger partial charge in [-0.25, -0.2) is 0 Å². The molecule has 1 radical (unpaired) electrons. The van der Waals surface area contributed by atoms with Crippen molar-refractivity contribution in [3.63, 3.8) is 0 Å². The maximum absolute atomic E-state index is 10.3. The van der Waals surface area contributed by atoms with Crippen LogP contribution in [0.25, 0.3) is 0 Å². The van der Waals surface area contributed by atoms with Crippen molar-refractivity contribution in [2.75, 3.05) is 6.26 Å². The van der Waals surface area contributed by atoms with Gasteiger partial charge in [0.05, 0.1) is 5.25 Å². The van der Waals surface area contributed by atoms with Crippen LogP contribution in [-0.4, -0.2) is 17.8 Å². The largest absolute Gasteiger partial charge is 0.290 e. The van der Waals surface area contributed by atoms with Crippen molar-refractivity contribution in [2.45, 2.75) is 44.3 Å². The van der Waals surface area contributed by atoms with E-state index in [2.05, 4.69) is 6.92 Å². The summed E-state index contributed by atoms with van der Waals surface area (Å²) in [4.78, 5) is 10.3. The smallest absolute Gasteiger partial charge is 0.212 e. The molecule has 0 aromatic heterocycles. The lowest BCUT2D eigenvalue weighted by molar-refractivity contribution is 0.545. The fourth-order valence-electron chi connectivity index (χ4n) is 0.981. The van der Waals surface area contributed by atoms with Crippen molar-refractivity contribution >= 4 is 18.0 Å². The van der Waals surface area contributed by atoms with Gasteiger partial charge in [-0.3, -0.25) is 4.79 Å². The minimum Gasteiger partial charge on any atom is -0.290 e. The van der Waals surface area contributed by atoms with Crippen molar-refractivity contribution in [1.82, 2.24) is 0 Å². The van der Waals surface area contributed by atoms with E-state index >= 15 is 0 Å². The number of unbranched alkanes of at least 4 members (excludes halogenated alkanes) is 3. The Bertz CT molecular complexity index is 93.6. The second-order valence-corrected chi connectivity index (χ2v) is 3.73. The Kier molecular flexibility index (Phi) is 8.13. The Hall–Kier alpha value is 0.0200. The summed E-state index contributed by atoms with van der Waals surface area (Å²) in [6.07, 6.45) is 10.00. The third-order valence-electron chi connectivity index (χ3n) is 1.74. The van der Waals surface area contributed by atoms with Crippen LogP contribution in [0.1, 0.15) is 39.0 Å². The van der Waals surface area contributed by atoms with Gasteiger partial charge in [-0.1, -0.05) is 32.6 Å². The van der Waals surface area contributed by atoms with E-state index in [-0.39, 0.29) is 5.25 Å². The molecule has 0 spiro atoms. The van der Waals surface area contributed by atoms with E-state index in [0.717, 1.165) is 6.42 Å². The van der Waals surface area contributed by atoms with Crippen LogP contribution in [0.4, 0.5) is 0 Å². The minimum absolute atomic E-state index is 0.117. The van der Waals surface area contributed by atoms with Gasteiger partial charge in [-0.05, 0) is 12.7 Å².